The van der Waals surface area contributed by atoms with Crippen LogP contribution in [0.3, 0.4) is 0 Å². The number of esters is 1. The lowest BCUT2D eigenvalue weighted by atomic mass is 10.1. The number of nitrogens with zero attached hydrogens (tertiary/aromatic N) is 1. The van der Waals surface area contributed by atoms with Gasteiger partial charge in [0, 0.05) is 13.6 Å². The molecule has 0 atom stereocenters. The van der Waals surface area contributed by atoms with Gasteiger partial charge in [0.25, 0.3) is 0 Å². The van der Waals surface area contributed by atoms with Crippen molar-refractivity contribution < 1.29 is 19.0 Å². The molecular formula is C25H18Br2INO4. The third-order valence-corrected chi connectivity index (χ3v) is 6.48. The second-order valence-corrected chi connectivity index (χ2v) is 10.0. The molecule has 0 fully saturated rings. The number of aliphatic imine (C=N–C) groups is 1. The number of ether oxygens (including phenoxy) is 3. The summed E-state index contributed by atoms with van der Waals surface area (Å²) in [4.78, 5) is 16.8. The zero-order chi connectivity index (χ0) is 23.4. The third kappa shape index (κ3) is 6.04. The Morgan fingerprint density at radius 3 is 2.45 bits per heavy atom. The average Bonchev–Trinajstić information content (AvgIpc) is 3.15. The molecule has 0 amide bonds. The number of cyclic esters (lactones) is 1. The summed E-state index contributed by atoms with van der Waals surface area (Å²) in [7, 11) is 0. The minimum absolute atomic E-state index is 0.217. The average molecular weight is 683 g/mol. The summed E-state index contributed by atoms with van der Waals surface area (Å²) in [5.74, 6) is 0.958. The molecule has 1 aliphatic heterocycles. The quantitative estimate of drug-likeness (QED) is 0.151. The SMILES string of the molecule is CCOc1cc(/C=C2\N=C(c3ccc(Br)cc3)OC2=O)cc(Br)c1OCc1ccc(I)cc1. The highest BCUT2D eigenvalue weighted by molar-refractivity contribution is 14.1. The predicted octanol–water partition coefficient (Wildman–Crippen LogP) is 7.14. The van der Waals surface area contributed by atoms with Crippen molar-refractivity contribution in [2.45, 2.75) is 13.5 Å². The maximum Gasteiger partial charge on any atom is 0.363 e. The highest BCUT2D eigenvalue weighted by atomic mass is 127. The lowest BCUT2D eigenvalue weighted by Crippen LogP contribution is -2.05. The van der Waals surface area contributed by atoms with Crippen LogP contribution in [-0.4, -0.2) is 18.5 Å². The molecular weight excluding hydrogens is 665 g/mol. The molecule has 4 rings (SSSR count). The molecule has 0 radical (unpaired) electrons. The largest absolute Gasteiger partial charge is 0.490 e. The Hall–Kier alpha value is -2.17. The maximum absolute atomic E-state index is 12.4. The van der Waals surface area contributed by atoms with Crippen LogP contribution < -0.4 is 9.47 Å². The van der Waals surface area contributed by atoms with E-state index in [1.807, 2.05) is 67.6 Å². The van der Waals surface area contributed by atoms with Crippen LogP contribution in [0, 0.1) is 3.57 Å². The maximum atomic E-state index is 12.4. The molecule has 0 aliphatic carbocycles. The fourth-order valence-corrected chi connectivity index (χ4v) is 4.29. The summed E-state index contributed by atoms with van der Waals surface area (Å²) in [6, 6.07) is 19.2. The minimum Gasteiger partial charge on any atom is -0.490 e. The molecule has 0 N–H and O–H groups in total. The zero-order valence-corrected chi connectivity index (χ0v) is 22.8. The van der Waals surface area contributed by atoms with E-state index in [9.17, 15) is 4.79 Å². The van der Waals surface area contributed by atoms with E-state index in [-0.39, 0.29) is 11.6 Å². The number of rotatable bonds is 7. The van der Waals surface area contributed by atoms with Gasteiger partial charge >= 0.3 is 5.97 Å². The Labute approximate surface area is 222 Å². The molecule has 0 spiro atoms. The van der Waals surface area contributed by atoms with Crippen molar-refractivity contribution in [2.24, 2.45) is 4.99 Å². The van der Waals surface area contributed by atoms with Crippen molar-refractivity contribution in [3.05, 3.63) is 95.6 Å². The molecule has 5 nitrogen and oxygen atoms in total. The first-order valence-corrected chi connectivity index (χ1v) is 12.7. The van der Waals surface area contributed by atoms with E-state index in [0.717, 1.165) is 21.2 Å². The molecule has 0 saturated heterocycles. The van der Waals surface area contributed by atoms with Crippen LogP contribution in [-0.2, 0) is 16.1 Å². The fraction of sp³-hybridized carbons (Fsp3) is 0.120. The van der Waals surface area contributed by atoms with Crippen molar-refractivity contribution in [1.82, 2.24) is 0 Å². The Bertz CT molecular complexity index is 1240. The molecule has 8 heteroatoms. The first-order chi connectivity index (χ1) is 15.9. The zero-order valence-electron chi connectivity index (χ0n) is 17.5. The van der Waals surface area contributed by atoms with Crippen LogP contribution in [0.1, 0.15) is 23.6 Å². The molecule has 0 bridgehead atoms. The van der Waals surface area contributed by atoms with E-state index in [2.05, 4.69) is 59.4 Å². The molecule has 3 aromatic carbocycles. The fourth-order valence-electron chi connectivity index (χ4n) is 3.09. The lowest BCUT2D eigenvalue weighted by Gasteiger charge is -2.15. The molecule has 33 heavy (non-hydrogen) atoms. The van der Waals surface area contributed by atoms with Crippen molar-refractivity contribution in [3.63, 3.8) is 0 Å². The van der Waals surface area contributed by atoms with Crippen LogP contribution >= 0.6 is 54.5 Å². The van der Waals surface area contributed by atoms with Gasteiger partial charge in [-0.15, -0.1) is 0 Å². The van der Waals surface area contributed by atoms with Gasteiger partial charge in [0.1, 0.15) is 6.61 Å². The monoisotopic (exact) mass is 681 g/mol. The van der Waals surface area contributed by atoms with Gasteiger partial charge in [-0.2, -0.15) is 0 Å². The first kappa shape index (κ1) is 24.0. The lowest BCUT2D eigenvalue weighted by molar-refractivity contribution is -0.129. The number of halogens is 3. The van der Waals surface area contributed by atoms with Crippen LogP contribution in [0.4, 0.5) is 0 Å². The van der Waals surface area contributed by atoms with Crippen LogP contribution in [0.15, 0.2) is 80.3 Å². The molecule has 1 aliphatic rings. The predicted molar refractivity (Wildman–Crippen MR) is 144 cm³/mol. The van der Waals surface area contributed by atoms with Gasteiger partial charge in [0.2, 0.25) is 5.90 Å². The molecule has 3 aromatic rings. The molecule has 0 aromatic heterocycles. The van der Waals surface area contributed by atoms with Crippen molar-refractivity contribution in [3.8, 4) is 11.5 Å². The molecule has 0 unspecified atom stereocenters. The number of benzene rings is 3. The van der Waals surface area contributed by atoms with Crippen molar-refractivity contribution >= 4 is 72.4 Å². The van der Waals surface area contributed by atoms with E-state index in [4.69, 9.17) is 14.2 Å². The smallest absolute Gasteiger partial charge is 0.363 e. The van der Waals surface area contributed by atoms with Crippen LogP contribution in [0.25, 0.3) is 6.08 Å². The third-order valence-electron chi connectivity index (χ3n) is 4.64. The number of hydrogen-bond donors (Lipinski definition) is 0. The summed E-state index contributed by atoms with van der Waals surface area (Å²) in [6.07, 6.45) is 1.67. The van der Waals surface area contributed by atoms with Gasteiger partial charge < -0.3 is 14.2 Å². The highest BCUT2D eigenvalue weighted by Crippen LogP contribution is 2.38. The molecule has 0 saturated carbocycles. The summed E-state index contributed by atoms with van der Waals surface area (Å²) < 4.78 is 20.1. The van der Waals surface area contributed by atoms with Crippen molar-refractivity contribution in [2.75, 3.05) is 6.61 Å². The minimum atomic E-state index is -0.499. The van der Waals surface area contributed by atoms with E-state index < -0.39 is 5.97 Å². The van der Waals surface area contributed by atoms with Gasteiger partial charge in [-0.1, -0.05) is 28.1 Å². The van der Waals surface area contributed by atoms with Gasteiger partial charge in [0.15, 0.2) is 17.2 Å². The summed E-state index contributed by atoms with van der Waals surface area (Å²) >= 11 is 9.25. The number of carbonyl (C=O) groups excluding carboxylic acids is 1. The summed E-state index contributed by atoms with van der Waals surface area (Å²) in [6.45, 7) is 2.79. The van der Waals surface area contributed by atoms with E-state index >= 15 is 0 Å². The Morgan fingerprint density at radius 1 is 1.03 bits per heavy atom. The standard InChI is InChI=1S/C25H18Br2INO4/c1-2-31-22-13-16(11-20(27)23(22)32-14-15-3-9-19(28)10-4-15)12-21-25(30)33-24(29-21)17-5-7-18(26)8-6-17/h3-13H,2,14H2,1H3/b21-12-. The number of carbonyl (C=O) groups is 1. The van der Waals surface area contributed by atoms with Crippen LogP contribution in [0.5, 0.6) is 11.5 Å². The second-order valence-electron chi connectivity index (χ2n) is 7.02. The van der Waals surface area contributed by atoms with Gasteiger partial charge in [-0.25, -0.2) is 9.79 Å². The normalized spacial score (nSPS) is 14.2. The van der Waals surface area contributed by atoms with Gasteiger partial charge in [-0.05, 0) is 111 Å². The Morgan fingerprint density at radius 2 is 1.76 bits per heavy atom. The number of hydrogen-bond acceptors (Lipinski definition) is 5. The molecule has 168 valence electrons. The van der Waals surface area contributed by atoms with Crippen molar-refractivity contribution in [1.29, 1.82) is 0 Å². The summed E-state index contributed by atoms with van der Waals surface area (Å²) in [5, 5.41) is 0. The van der Waals surface area contributed by atoms with Gasteiger partial charge in [0.05, 0.1) is 11.1 Å². The summed E-state index contributed by atoms with van der Waals surface area (Å²) in [5.41, 5.74) is 2.74. The molecule has 1 heterocycles. The van der Waals surface area contributed by atoms with E-state index in [1.165, 1.54) is 3.57 Å². The Balaban J connectivity index is 1.60. The van der Waals surface area contributed by atoms with Gasteiger partial charge in [-0.3, -0.25) is 0 Å². The second kappa shape index (κ2) is 10.8. The van der Waals surface area contributed by atoms with E-state index in [1.54, 1.807) is 6.08 Å². The highest BCUT2D eigenvalue weighted by Gasteiger charge is 2.24. The van der Waals surface area contributed by atoms with E-state index in [0.29, 0.717) is 29.2 Å². The first-order valence-electron chi connectivity index (χ1n) is 10.0. The van der Waals surface area contributed by atoms with Crippen LogP contribution in [0.2, 0.25) is 0 Å². The Kier molecular flexibility index (Phi) is 7.87. The topological polar surface area (TPSA) is 57.1 Å².